The van der Waals surface area contributed by atoms with Crippen molar-refractivity contribution >= 4 is 90.4 Å². The monoisotopic (exact) mass is 1050 g/mol. The van der Waals surface area contributed by atoms with Gasteiger partial charge in [0.1, 0.15) is 43.4 Å². The molecule has 0 saturated heterocycles. The number of nitrogen functional groups attached to an aromatic ring is 1. The predicted molar refractivity (Wildman–Crippen MR) is 283 cm³/mol. The molecule has 0 saturated carbocycles. The van der Waals surface area contributed by atoms with Gasteiger partial charge in [-0.1, -0.05) is 62.5 Å². The topological polar surface area (TPSA) is 271 Å². The van der Waals surface area contributed by atoms with E-state index in [9.17, 15) is 4.57 Å². The first-order valence-corrected chi connectivity index (χ1v) is 26.2. The highest BCUT2D eigenvalue weighted by molar-refractivity contribution is 7.70. The molecule has 3 heterocycles. The second kappa shape index (κ2) is 29.6. The molecule has 366 valence electrons. The van der Waals surface area contributed by atoms with E-state index in [1.807, 2.05) is 84.9 Å². The molecule has 5 aromatic carbocycles. The zero-order valence-corrected chi connectivity index (χ0v) is 43.1. The number of nitrogens with two attached hydrogens (primary N) is 1. The Morgan fingerprint density at radius 3 is 1.46 bits per heavy atom. The fourth-order valence-electron chi connectivity index (χ4n) is 5.49. The third-order valence-corrected chi connectivity index (χ3v) is 12.3. The SMILES string of the molecule is COc1ccccc1-c1ncnc(Cl)n1.COc1ccccc1-c1ncnc(Nc2ccc(P(C)(C)=O)cc2)n1.COc1ccccc1B(O)O.CP(C)c1ccc(N)cc1.Clc1ncnc(Cl)n1.O. The average molecular weight is 1050 g/mol. The fourth-order valence-corrected chi connectivity index (χ4v) is 7.52. The van der Waals surface area contributed by atoms with E-state index in [-0.39, 0.29) is 29.2 Å². The molecule has 0 unspecified atom stereocenters. The summed E-state index contributed by atoms with van der Waals surface area (Å²) in [4.78, 5) is 35.1. The van der Waals surface area contributed by atoms with Gasteiger partial charge in [0.05, 0.1) is 32.5 Å². The lowest BCUT2D eigenvalue weighted by atomic mass is 9.80. The van der Waals surface area contributed by atoms with Crippen molar-refractivity contribution in [3.05, 3.63) is 156 Å². The number of hydrogen-bond donors (Lipinski definition) is 4. The molecule has 70 heavy (non-hydrogen) atoms. The molecule has 0 aliphatic carbocycles. The third kappa shape index (κ3) is 19.2. The number of benzene rings is 5. The number of aromatic nitrogens is 9. The molecule has 24 heteroatoms. The molecule has 0 fully saturated rings. The van der Waals surface area contributed by atoms with E-state index in [1.54, 1.807) is 51.8 Å². The van der Waals surface area contributed by atoms with E-state index in [1.165, 1.54) is 31.4 Å². The summed E-state index contributed by atoms with van der Waals surface area (Å²) in [5.41, 5.74) is 9.17. The van der Waals surface area contributed by atoms with Crippen LogP contribution < -0.4 is 41.3 Å². The summed E-state index contributed by atoms with van der Waals surface area (Å²) >= 11 is 16.3. The number of nitrogens with one attached hydrogen (secondary N) is 1. The van der Waals surface area contributed by atoms with Crippen molar-refractivity contribution in [2.45, 2.75) is 0 Å². The molecule has 0 bridgehead atoms. The summed E-state index contributed by atoms with van der Waals surface area (Å²) in [6, 6.07) is 37.3. The number of hydrogen-bond acceptors (Lipinski definition) is 17. The number of rotatable bonds is 10. The summed E-state index contributed by atoms with van der Waals surface area (Å²) in [6.45, 7) is 7.98. The van der Waals surface area contributed by atoms with Crippen LogP contribution in [0.15, 0.2) is 140 Å². The van der Waals surface area contributed by atoms with Crippen LogP contribution in [-0.2, 0) is 4.57 Å². The Bertz CT molecular complexity index is 2860. The van der Waals surface area contributed by atoms with Gasteiger partial charge >= 0.3 is 7.12 Å². The summed E-state index contributed by atoms with van der Waals surface area (Å²) in [5.74, 6) is 3.36. The molecule has 0 spiro atoms. The Morgan fingerprint density at radius 1 is 0.586 bits per heavy atom. The quantitative estimate of drug-likeness (QED) is 0.0604. The summed E-state index contributed by atoms with van der Waals surface area (Å²) in [6.07, 6.45) is 4.08. The molecule has 3 aromatic heterocycles. The number of nitrogens with zero attached hydrogens (tertiary/aromatic N) is 9. The van der Waals surface area contributed by atoms with Gasteiger partial charge in [-0.25, -0.2) is 29.9 Å². The highest BCUT2D eigenvalue weighted by Gasteiger charge is 2.15. The van der Waals surface area contributed by atoms with Crippen LogP contribution in [0.3, 0.4) is 0 Å². The summed E-state index contributed by atoms with van der Waals surface area (Å²) < 4.78 is 27.5. The largest absolute Gasteiger partial charge is 0.497 e. The van der Waals surface area contributed by atoms with Gasteiger partial charge in [-0.15, -0.1) is 0 Å². The van der Waals surface area contributed by atoms with Crippen LogP contribution in [0.25, 0.3) is 22.8 Å². The first-order chi connectivity index (χ1) is 33.0. The molecule has 7 N–H and O–H groups in total. The van der Waals surface area contributed by atoms with Gasteiger partial charge in [0.15, 0.2) is 11.6 Å². The van der Waals surface area contributed by atoms with Crippen LogP contribution in [0.4, 0.5) is 17.3 Å². The standard InChI is InChI=1S/C18H19N4O2P.C10H8ClN3O.C8H12NP.C7H9BO3.C3HCl2N3.H2O/c1-24-16-7-5-4-6-15(16)17-19-12-20-18(22-17)21-13-8-10-14(11-9-13)25(2,3)23;1-15-8-5-3-2-4-7(8)9-12-6-13-10(11)14-9;1-10(2)8-5-3-7(9)4-6-8;1-11-7-5-3-2-4-6(7)8(9)10;4-2-6-1-7-3(5)8-2;/h4-12H,1-3H3,(H,19,20,21,22);2-6H,1H3;3-6H,9H2,1-2H3;2-5,9-10H,1H3;1H;1H2. The highest BCUT2D eigenvalue weighted by atomic mass is 35.5. The molecule has 8 rings (SSSR count). The number of anilines is 3. The Kier molecular flexibility index (Phi) is 24.5. The molecule has 0 aliphatic heterocycles. The summed E-state index contributed by atoms with van der Waals surface area (Å²) in [5, 5.41) is 23.4. The van der Waals surface area contributed by atoms with Crippen LogP contribution in [-0.4, -0.2) is 115 Å². The summed E-state index contributed by atoms with van der Waals surface area (Å²) in [7, 11) is 1.01. The Labute approximate surface area is 422 Å². The van der Waals surface area contributed by atoms with Crippen molar-refractivity contribution in [3.8, 4) is 40.0 Å². The predicted octanol–water partition coefficient (Wildman–Crippen LogP) is 7.10. The second-order valence-corrected chi connectivity index (χ2v) is 20.8. The van der Waals surface area contributed by atoms with Gasteiger partial charge in [-0.05, 0) is 133 Å². The van der Waals surface area contributed by atoms with E-state index in [0.29, 0.717) is 40.3 Å². The van der Waals surface area contributed by atoms with Crippen LogP contribution in [0.5, 0.6) is 17.2 Å². The van der Waals surface area contributed by atoms with Crippen LogP contribution in [0.2, 0.25) is 15.9 Å². The Balaban J connectivity index is 0.000000247. The smallest absolute Gasteiger partial charge is 0.492 e. The maximum atomic E-state index is 12.1. The average Bonchev–Trinajstić information content (AvgIpc) is 3.35. The molecule has 18 nitrogen and oxygen atoms in total. The van der Waals surface area contributed by atoms with Crippen molar-refractivity contribution in [2.75, 3.05) is 59.0 Å². The van der Waals surface area contributed by atoms with Gasteiger partial charge in [-0.2, -0.15) is 15.0 Å². The number of ether oxygens (including phenoxy) is 3. The lowest BCUT2D eigenvalue weighted by Gasteiger charge is -2.10. The minimum Gasteiger partial charge on any atom is -0.497 e. The van der Waals surface area contributed by atoms with Crippen molar-refractivity contribution in [2.24, 2.45) is 0 Å². The van der Waals surface area contributed by atoms with Gasteiger partial charge in [0, 0.05) is 22.1 Å². The van der Waals surface area contributed by atoms with E-state index in [2.05, 4.69) is 75.6 Å². The first kappa shape index (κ1) is 57.9. The lowest BCUT2D eigenvalue weighted by molar-refractivity contribution is 0.403. The van der Waals surface area contributed by atoms with Crippen LogP contribution in [0, 0.1) is 0 Å². The second-order valence-electron chi connectivity index (χ2n) is 14.3. The fraction of sp³-hybridized carbons (Fsp3) is 0.152. The van der Waals surface area contributed by atoms with Crippen LogP contribution in [0.1, 0.15) is 0 Å². The van der Waals surface area contributed by atoms with Gasteiger partial charge in [0.25, 0.3) is 0 Å². The molecule has 0 amide bonds. The van der Waals surface area contributed by atoms with Crippen molar-refractivity contribution < 1.29 is 34.3 Å². The maximum Gasteiger partial charge on any atom is 0.492 e. The van der Waals surface area contributed by atoms with Gasteiger partial charge in [0.2, 0.25) is 21.8 Å². The molecule has 8 aromatic rings. The maximum absolute atomic E-state index is 12.1. The lowest BCUT2D eigenvalue weighted by Crippen LogP contribution is -2.30. The van der Waals surface area contributed by atoms with Crippen LogP contribution >= 0.6 is 49.9 Å². The normalized spacial score (nSPS) is 10.1. The van der Waals surface area contributed by atoms with Crippen molar-refractivity contribution in [1.29, 1.82) is 0 Å². The molecule has 0 radical (unpaired) electrons. The number of methoxy groups -OCH3 is 3. The Morgan fingerprint density at radius 2 is 1.03 bits per heavy atom. The molecular formula is C46H51BCl3N11O7P2. The van der Waals surface area contributed by atoms with Crippen molar-refractivity contribution in [3.63, 3.8) is 0 Å². The zero-order chi connectivity index (χ0) is 50.3. The molecule has 0 atom stereocenters. The van der Waals surface area contributed by atoms with E-state index < -0.39 is 14.3 Å². The van der Waals surface area contributed by atoms with E-state index in [4.69, 9.17) is 64.8 Å². The first-order valence-electron chi connectivity index (χ1n) is 20.3. The zero-order valence-electron chi connectivity index (χ0n) is 39.0. The van der Waals surface area contributed by atoms with Gasteiger partial charge in [-0.3, -0.25) is 0 Å². The highest BCUT2D eigenvalue weighted by Crippen LogP contribution is 2.35. The van der Waals surface area contributed by atoms with E-state index in [0.717, 1.165) is 27.8 Å². The van der Waals surface area contributed by atoms with Gasteiger partial charge < -0.3 is 45.4 Å². The number of para-hydroxylation sites is 3. The Hall–Kier alpha value is -6.40. The van der Waals surface area contributed by atoms with E-state index >= 15 is 0 Å². The third-order valence-electron chi connectivity index (χ3n) is 8.89. The molecule has 0 aliphatic rings. The molecular weight excluding hydrogens is 998 g/mol. The van der Waals surface area contributed by atoms with Crippen molar-refractivity contribution in [1.82, 2.24) is 44.9 Å². The minimum absolute atomic E-state index is 0. The number of halogens is 3. The minimum atomic E-state index is -2.26.